The fourth-order valence-electron chi connectivity index (χ4n) is 2.44. The van der Waals surface area contributed by atoms with E-state index in [0.717, 1.165) is 32.7 Å². The second kappa shape index (κ2) is 6.31. The third-order valence-corrected chi connectivity index (χ3v) is 4.92. The lowest BCUT2D eigenvalue weighted by atomic mass is 10.0. The molecule has 1 unspecified atom stereocenters. The van der Waals surface area contributed by atoms with Crippen LogP contribution in [-0.4, -0.2) is 48.1 Å². The van der Waals surface area contributed by atoms with Crippen LogP contribution in [-0.2, 0) is 0 Å². The first-order valence-corrected chi connectivity index (χ1v) is 7.92. The lowest BCUT2D eigenvalue weighted by Gasteiger charge is -2.41. The van der Waals surface area contributed by atoms with Crippen LogP contribution in [0.1, 0.15) is 36.7 Å². The SMILES string of the molecule is Cc1cnc(C(C)NCC(C)(C)N2CCNCC2)s1. The van der Waals surface area contributed by atoms with Crippen LogP contribution in [0.3, 0.4) is 0 Å². The van der Waals surface area contributed by atoms with E-state index < -0.39 is 0 Å². The number of rotatable bonds is 5. The summed E-state index contributed by atoms with van der Waals surface area (Å²) in [5, 5.41) is 8.23. The number of hydrogen-bond donors (Lipinski definition) is 2. The third-order valence-electron chi connectivity index (χ3n) is 3.82. The minimum atomic E-state index is 0.197. The predicted molar refractivity (Wildman–Crippen MR) is 81.8 cm³/mol. The monoisotopic (exact) mass is 282 g/mol. The molecule has 5 heteroatoms. The van der Waals surface area contributed by atoms with E-state index in [1.54, 1.807) is 11.3 Å². The Bertz CT molecular complexity index is 396. The zero-order valence-corrected chi connectivity index (χ0v) is 13.3. The topological polar surface area (TPSA) is 40.2 Å². The average Bonchev–Trinajstić information content (AvgIpc) is 2.84. The molecule has 4 nitrogen and oxygen atoms in total. The van der Waals surface area contributed by atoms with Gasteiger partial charge in [0.25, 0.3) is 0 Å². The van der Waals surface area contributed by atoms with E-state index in [-0.39, 0.29) is 5.54 Å². The summed E-state index contributed by atoms with van der Waals surface area (Å²) in [6.45, 7) is 14.4. The molecule has 108 valence electrons. The molecule has 0 radical (unpaired) electrons. The molecule has 1 aliphatic rings. The van der Waals surface area contributed by atoms with Crippen molar-refractivity contribution in [3.8, 4) is 0 Å². The van der Waals surface area contributed by atoms with Gasteiger partial charge in [0.1, 0.15) is 5.01 Å². The zero-order valence-electron chi connectivity index (χ0n) is 12.5. The Hall–Kier alpha value is -0.490. The van der Waals surface area contributed by atoms with E-state index in [4.69, 9.17) is 0 Å². The van der Waals surface area contributed by atoms with Gasteiger partial charge in [0, 0.05) is 49.3 Å². The van der Waals surface area contributed by atoms with E-state index in [2.05, 4.69) is 48.2 Å². The zero-order chi connectivity index (χ0) is 13.9. The second-order valence-corrected chi connectivity index (χ2v) is 7.23. The molecular weight excluding hydrogens is 256 g/mol. The highest BCUT2D eigenvalue weighted by atomic mass is 32.1. The Labute approximate surface area is 120 Å². The summed E-state index contributed by atoms with van der Waals surface area (Å²) in [7, 11) is 0. The summed E-state index contributed by atoms with van der Waals surface area (Å²) in [5.74, 6) is 0. The number of piperazine rings is 1. The van der Waals surface area contributed by atoms with Crippen molar-refractivity contribution in [2.45, 2.75) is 39.3 Å². The summed E-state index contributed by atoms with van der Waals surface area (Å²) in [5.41, 5.74) is 0.197. The maximum Gasteiger partial charge on any atom is 0.109 e. The van der Waals surface area contributed by atoms with Crippen molar-refractivity contribution in [1.29, 1.82) is 0 Å². The summed E-state index contributed by atoms with van der Waals surface area (Å²) in [4.78, 5) is 8.31. The van der Waals surface area contributed by atoms with E-state index in [1.807, 2.05) is 6.20 Å². The van der Waals surface area contributed by atoms with Crippen LogP contribution in [0.25, 0.3) is 0 Å². The molecule has 0 aromatic carbocycles. The molecule has 1 aromatic rings. The van der Waals surface area contributed by atoms with Gasteiger partial charge in [-0.05, 0) is 27.7 Å². The Balaban J connectivity index is 1.86. The van der Waals surface area contributed by atoms with E-state index in [9.17, 15) is 0 Å². The first-order valence-electron chi connectivity index (χ1n) is 7.10. The Morgan fingerprint density at radius 2 is 2.16 bits per heavy atom. The molecule has 2 N–H and O–H groups in total. The third kappa shape index (κ3) is 3.99. The van der Waals surface area contributed by atoms with Crippen molar-refractivity contribution in [2.24, 2.45) is 0 Å². The molecule has 1 aliphatic heterocycles. The quantitative estimate of drug-likeness (QED) is 0.864. The van der Waals surface area contributed by atoms with Gasteiger partial charge in [-0.2, -0.15) is 0 Å². The molecule has 1 fully saturated rings. The number of thiazole rings is 1. The first kappa shape index (κ1) is 14.9. The predicted octanol–water partition coefficient (Wildman–Crippen LogP) is 1.79. The fourth-order valence-corrected chi connectivity index (χ4v) is 3.25. The maximum absolute atomic E-state index is 4.46. The molecule has 2 rings (SSSR count). The molecule has 0 bridgehead atoms. The summed E-state index contributed by atoms with van der Waals surface area (Å²) in [6, 6.07) is 0.334. The number of hydrogen-bond acceptors (Lipinski definition) is 5. The molecule has 0 amide bonds. The number of aromatic nitrogens is 1. The Morgan fingerprint density at radius 1 is 1.47 bits per heavy atom. The highest BCUT2D eigenvalue weighted by molar-refractivity contribution is 7.11. The van der Waals surface area contributed by atoms with Gasteiger partial charge < -0.3 is 10.6 Å². The van der Waals surface area contributed by atoms with Crippen LogP contribution in [0.15, 0.2) is 6.20 Å². The minimum absolute atomic E-state index is 0.197. The van der Waals surface area contributed by atoms with Gasteiger partial charge in [0.05, 0.1) is 6.04 Å². The Kier molecular flexibility index (Phi) is 4.95. The van der Waals surface area contributed by atoms with Crippen LogP contribution < -0.4 is 10.6 Å². The molecule has 0 aliphatic carbocycles. The average molecular weight is 282 g/mol. The van der Waals surface area contributed by atoms with E-state index in [1.165, 1.54) is 9.88 Å². The van der Waals surface area contributed by atoms with Gasteiger partial charge in [-0.25, -0.2) is 4.98 Å². The van der Waals surface area contributed by atoms with Gasteiger partial charge in [-0.1, -0.05) is 0 Å². The van der Waals surface area contributed by atoms with Crippen molar-refractivity contribution in [3.05, 3.63) is 16.1 Å². The standard InChI is InChI=1S/C14H26N4S/c1-11-9-16-13(19-11)12(2)17-10-14(3,4)18-7-5-15-6-8-18/h9,12,15,17H,5-8,10H2,1-4H3. The van der Waals surface area contributed by atoms with Crippen molar-refractivity contribution < 1.29 is 0 Å². The second-order valence-electron chi connectivity index (χ2n) is 5.96. The first-order chi connectivity index (χ1) is 8.99. The Morgan fingerprint density at radius 3 is 2.74 bits per heavy atom. The largest absolute Gasteiger partial charge is 0.314 e. The smallest absolute Gasteiger partial charge is 0.109 e. The number of aryl methyl sites for hydroxylation is 1. The number of nitrogens with zero attached hydrogens (tertiary/aromatic N) is 2. The summed E-state index contributed by atoms with van der Waals surface area (Å²) < 4.78 is 0. The molecular formula is C14H26N4S. The van der Waals surface area contributed by atoms with Crippen LogP contribution in [0, 0.1) is 6.92 Å². The maximum atomic E-state index is 4.46. The fraction of sp³-hybridized carbons (Fsp3) is 0.786. The van der Waals surface area contributed by atoms with Gasteiger partial charge in [-0.3, -0.25) is 4.90 Å². The van der Waals surface area contributed by atoms with E-state index >= 15 is 0 Å². The summed E-state index contributed by atoms with van der Waals surface area (Å²) in [6.07, 6.45) is 1.96. The highest BCUT2D eigenvalue weighted by Gasteiger charge is 2.28. The van der Waals surface area contributed by atoms with Crippen molar-refractivity contribution >= 4 is 11.3 Å². The molecule has 19 heavy (non-hydrogen) atoms. The van der Waals surface area contributed by atoms with Gasteiger partial charge in [0.15, 0.2) is 0 Å². The molecule has 2 heterocycles. The normalized spacial score (nSPS) is 19.6. The summed E-state index contributed by atoms with van der Waals surface area (Å²) >= 11 is 1.78. The number of nitrogens with one attached hydrogen (secondary N) is 2. The van der Waals surface area contributed by atoms with Crippen molar-refractivity contribution in [3.63, 3.8) is 0 Å². The molecule has 1 aromatic heterocycles. The molecule has 1 atom stereocenters. The van der Waals surface area contributed by atoms with E-state index in [0.29, 0.717) is 6.04 Å². The lowest BCUT2D eigenvalue weighted by molar-refractivity contribution is 0.0999. The molecule has 0 saturated carbocycles. The minimum Gasteiger partial charge on any atom is -0.314 e. The molecule has 1 saturated heterocycles. The lowest BCUT2D eigenvalue weighted by Crippen LogP contribution is -2.57. The van der Waals surface area contributed by atoms with Crippen molar-refractivity contribution in [1.82, 2.24) is 20.5 Å². The van der Waals surface area contributed by atoms with Gasteiger partial charge in [-0.15, -0.1) is 11.3 Å². The van der Waals surface area contributed by atoms with Crippen LogP contribution in [0.5, 0.6) is 0 Å². The highest BCUT2D eigenvalue weighted by Crippen LogP contribution is 2.20. The molecule has 0 spiro atoms. The van der Waals surface area contributed by atoms with Crippen LogP contribution in [0.4, 0.5) is 0 Å². The van der Waals surface area contributed by atoms with Crippen molar-refractivity contribution in [2.75, 3.05) is 32.7 Å². The van der Waals surface area contributed by atoms with Crippen LogP contribution in [0.2, 0.25) is 0 Å². The van der Waals surface area contributed by atoms with Gasteiger partial charge in [0.2, 0.25) is 0 Å². The van der Waals surface area contributed by atoms with Crippen LogP contribution >= 0.6 is 11.3 Å². The van der Waals surface area contributed by atoms with Gasteiger partial charge >= 0.3 is 0 Å².